The van der Waals surface area contributed by atoms with Gasteiger partial charge in [-0.25, -0.2) is 9.67 Å². The van der Waals surface area contributed by atoms with Gasteiger partial charge >= 0.3 is 11.1 Å². The van der Waals surface area contributed by atoms with Crippen molar-refractivity contribution in [2.24, 2.45) is 0 Å². The highest BCUT2D eigenvalue weighted by Gasteiger charge is 2.47. The van der Waals surface area contributed by atoms with Crippen LogP contribution in [0.5, 0.6) is 0 Å². The molecule has 0 N–H and O–H groups in total. The fraction of sp³-hybridized carbons (Fsp3) is 0.429. The Morgan fingerprint density at radius 1 is 1.13 bits per heavy atom. The summed E-state index contributed by atoms with van der Waals surface area (Å²) in [5.74, 6) is 0.737. The molecular formula is C21H22ClN5O2S. The topological polar surface area (TPSA) is 73.0 Å². The first-order valence-corrected chi connectivity index (χ1v) is 11.3. The molecule has 30 heavy (non-hydrogen) atoms. The van der Waals surface area contributed by atoms with Crippen LogP contribution >= 0.6 is 22.9 Å². The number of hydrogen-bond donors (Lipinski definition) is 0. The van der Waals surface area contributed by atoms with Crippen LogP contribution < -0.4 is 11.1 Å². The molecule has 2 aliphatic heterocycles. The van der Waals surface area contributed by atoms with Gasteiger partial charge in [0.15, 0.2) is 0 Å². The monoisotopic (exact) mass is 443 g/mol. The second-order valence-corrected chi connectivity index (χ2v) is 9.65. The Morgan fingerprint density at radius 2 is 1.93 bits per heavy atom. The van der Waals surface area contributed by atoms with E-state index >= 15 is 0 Å². The van der Waals surface area contributed by atoms with Crippen LogP contribution in [0.4, 0.5) is 0 Å². The molecule has 1 spiro atoms. The Labute approximate surface area is 182 Å². The van der Waals surface area contributed by atoms with E-state index in [2.05, 4.69) is 9.88 Å². The molecule has 3 aromatic rings. The zero-order valence-electron chi connectivity index (χ0n) is 16.7. The second-order valence-electron chi connectivity index (χ2n) is 8.18. The van der Waals surface area contributed by atoms with E-state index in [1.807, 2.05) is 36.6 Å². The molecule has 1 saturated heterocycles. The zero-order chi connectivity index (χ0) is 20.9. The van der Waals surface area contributed by atoms with E-state index in [1.54, 1.807) is 4.57 Å². The van der Waals surface area contributed by atoms with Crippen molar-refractivity contribution in [3.8, 4) is 0 Å². The fourth-order valence-electron chi connectivity index (χ4n) is 4.66. The van der Waals surface area contributed by atoms with Crippen LogP contribution in [-0.4, -0.2) is 37.3 Å². The molecule has 4 heterocycles. The molecule has 0 amide bonds. The van der Waals surface area contributed by atoms with Crippen LogP contribution in [0.2, 0.25) is 5.02 Å². The van der Waals surface area contributed by atoms with Crippen LogP contribution in [0.3, 0.4) is 0 Å². The molecule has 2 aromatic heterocycles. The first-order valence-electron chi connectivity index (χ1n) is 10.0. The van der Waals surface area contributed by atoms with Crippen molar-refractivity contribution in [3.05, 3.63) is 77.5 Å². The molecule has 1 fully saturated rings. The summed E-state index contributed by atoms with van der Waals surface area (Å²) in [6, 6.07) is 7.89. The highest BCUT2D eigenvalue weighted by Crippen LogP contribution is 2.41. The smallest absolute Gasteiger partial charge is 0.298 e. The summed E-state index contributed by atoms with van der Waals surface area (Å²) in [6.07, 6.45) is 1.74. The largest absolute Gasteiger partial charge is 0.332 e. The van der Waals surface area contributed by atoms with Gasteiger partial charge in [0.1, 0.15) is 5.82 Å². The number of rotatable bonds is 4. The van der Waals surface area contributed by atoms with Crippen LogP contribution in [-0.2, 0) is 25.0 Å². The third-order valence-electron chi connectivity index (χ3n) is 6.18. The van der Waals surface area contributed by atoms with E-state index in [1.165, 1.54) is 16.0 Å². The molecule has 0 radical (unpaired) electrons. The lowest BCUT2D eigenvalue weighted by Gasteiger charge is -2.24. The number of likely N-dealkylation sites (tertiary alicyclic amines) is 1. The van der Waals surface area contributed by atoms with Crippen LogP contribution in [0.25, 0.3) is 0 Å². The molecule has 156 valence electrons. The van der Waals surface area contributed by atoms with Gasteiger partial charge in [0.25, 0.3) is 0 Å². The van der Waals surface area contributed by atoms with E-state index < -0.39 is 11.1 Å². The van der Waals surface area contributed by atoms with Gasteiger partial charge < -0.3 is 0 Å². The van der Waals surface area contributed by atoms with Crippen LogP contribution in [0.15, 0.2) is 39.2 Å². The molecule has 1 unspecified atom stereocenters. The number of thiazole rings is 1. The second kappa shape index (κ2) is 7.44. The van der Waals surface area contributed by atoms with Gasteiger partial charge in [-0.15, -0.1) is 11.3 Å². The SMILES string of the molecule is Cc1nc(Cn2nc3n(c(=O)c2=O)CCC32CCN(Cc3ccccc3Cl)C2)cs1. The first kappa shape index (κ1) is 19.7. The molecule has 7 nitrogen and oxygen atoms in total. The van der Waals surface area contributed by atoms with Crippen molar-refractivity contribution in [2.45, 2.75) is 44.8 Å². The van der Waals surface area contributed by atoms with Gasteiger partial charge in [-0.2, -0.15) is 5.10 Å². The first-order chi connectivity index (χ1) is 14.4. The van der Waals surface area contributed by atoms with Crippen LogP contribution in [0, 0.1) is 6.92 Å². The molecule has 1 atom stereocenters. The summed E-state index contributed by atoms with van der Waals surface area (Å²) in [6.45, 7) is 5.18. The predicted molar refractivity (Wildman–Crippen MR) is 116 cm³/mol. The highest BCUT2D eigenvalue weighted by atomic mass is 35.5. The lowest BCUT2D eigenvalue weighted by Crippen LogP contribution is -2.45. The quantitative estimate of drug-likeness (QED) is 0.579. The number of benzene rings is 1. The molecule has 0 bridgehead atoms. The number of aromatic nitrogens is 4. The van der Waals surface area contributed by atoms with Crippen molar-refractivity contribution >= 4 is 22.9 Å². The molecule has 5 rings (SSSR count). The Kier molecular flexibility index (Phi) is 4.88. The molecule has 0 aliphatic carbocycles. The summed E-state index contributed by atoms with van der Waals surface area (Å²) >= 11 is 7.87. The van der Waals surface area contributed by atoms with Gasteiger partial charge in [0, 0.05) is 35.5 Å². The lowest BCUT2D eigenvalue weighted by atomic mass is 9.85. The number of halogens is 1. The number of aryl methyl sites for hydroxylation is 1. The molecule has 1 aromatic carbocycles. The number of fused-ring (bicyclic) bond motifs is 2. The zero-order valence-corrected chi connectivity index (χ0v) is 18.2. The third kappa shape index (κ3) is 3.33. The summed E-state index contributed by atoms with van der Waals surface area (Å²) < 4.78 is 2.89. The van der Waals surface area contributed by atoms with Crippen molar-refractivity contribution in [1.29, 1.82) is 0 Å². The van der Waals surface area contributed by atoms with Crippen molar-refractivity contribution in [3.63, 3.8) is 0 Å². The van der Waals surface area contributed by atoms with E-state index in [0.29, 0.717) is 6.54 Å². The maximum atomic E-state index is 12.8. The van der Waals surface area contributed by atoms with E-state index in [0.717, 1.165) is 59.6 Å². The summed E-state index contributed by atoms with van der Waals surface area (Å²) in [7, 11) is 0. The molecular weight excluding hydrogens is 422 g/mol. The average Bonchev–Trinajstić information content (AvgIpc) is 3.42. The Morgan fingerprint density at radius 3 is 2.70 bits per heavy atom. The average molecular weight is 444 g/mol. The Bertz CT molecular complexity index is 1230. The van der Waals surface area contributed by atoms with Gasteiger partial charge in [0.05, 0.1) is 17.2 Å². The molecule has 2 aliphatic rings. The minimum absolute atomic E-state index is 0.201. The summed E-state index contributed by atoms with van der Waals surface area (Å²) in [5, 5.41) is 8.30. The van der Waals surface area contributed by atoms with Crippen LogP contribution in [0.1, 0.15) is 34.9 Å². The van der Waals surface area contributed by atoms with Gasteiger partial charge in [0.2, 0.25) is 0 Å². The summed E-state index contributed by atoms with van der Waals surface area (Å²) in [4.78, 5) is 32.2. The fourth-order valence-corrected chi connectivity index (χ4v) is 5.46. The lowest BCUT2D eigenvalue weighted by molar-refractivity contribution is 0.298. The van der Waals surface area contributed by atoms with E-state index in [9.17, 15) is 9.59 Å². The van der Waals surface area contributed by atoms with Crippen molar-refractivity contribution < 1.29 is 0 Å². The van der Waals surface area contributed by atoms with Crippen molar-refractivity contribution in [2.75, 3.05) is 13.1 Å². The van der Waals surface area contributed by atoms with E-state index in [-0.39, 0.29) is 12.0 Å². The van der Waals surface area contributed by atoms with Crippen molar-refractivity contribution in [1.82, 2.24) is 24.2 Å². The molecule has 9 heteroatoms. The van der Waals surface area contributed by atoms with Gasteiger partial charge in [-0.1, -0.05) is 29.8 Å². The van der Waals surface area contributed by atoms with Gasteiger partial charge in [-0.05, 0) is 37.9 Å². The minimum Gasteiger partial charge on any atom is -0.298 e. The maximum absolute atomic E-state index is 12.8. The predicted octanol–water partition coefficient (Wildman–Crippen LogP) is 2.42. The maximum Gasteiger partial charge on any atom is 0.332 e. The third-order valence-corrected chi connectivity index (χ3v) is 7.38. The van der Waals surface area contributed by atoms with Gasteiger partial charge in [-0.3, -0.25) is 19.1 Å². The minimum atomic E-state index is -0.577. The Balaban J connectivity index is 1.45. The number of nitrogens with zero attached hydrogens (tertiary/aromatic N) is 5. The highest BCUT2D eigenvalue weighted by molar-refractivity contribution is 7.09. The normalized spacial score (nSPS) is 20.9. The summed E-state index contributed by atoms with van der Waals surface area (Å²) in [5.41, 5.74) is 0.605. The Hall–Kier alpha value is -2.29. The van der Waals surface area contributed by atoms with E-state index in [4.69, 9.17) is 16.7 Å². The number of hydrogen-bond acceptors (Lipinski definition) is 6. The molecule has 0 saturated carbocycles. The standard InChI is InChI=1S/C21H22ClN5O2S/c1-14-23-16(12-30-14)11-27-19(29)18(28)26-9-7-21(20(26)24-27)6-8-25(13-21)10-15-4-2-3-5-17(15)22/h2-5,12H,6-11,13H2,1H3.